The highest BCUT2D eigenvalue weighted by Crippen LogP contribution is 2.29. The number of rotatable bonds is 6. The van der Waals surface area contributed by atoms with Crippen LogP contribution < -0.4 is 0 Å². The summed E-state index contributed by atoms with van der Waals surface area (Å²) >= 11 is 0. The summed E-state index contributed by atoms with van der Waals surface area (Å²) < 4.78 is 0. The number of fused-ring (bicyclic) bond motifs is 1. The van der Waals surface area contributed by atoms with E-state index in [0.29, 0.717) is 0 Å². The van der Waals surface area contributed by atoms with Crippen molar-refractivity contribution in [3.63, 3.8) is 0 Å². The fourth-order valence-corrected chi connectivity index (χ4v) is 3.81. The lowest BCUT2D eigenvalue weighted by molar-refractivity contribution is -0.166. The highest BCUT2D eigenvalue weighted by molar-refractivity contribution is 5.97. The lowest BCUT2D eigenvalue weighted by atomic mass is 9.92. The van der Waals surface area contributed by atoms with Crippen LogP contribution in [0.2, 0.25) is 0 Å². The van der Waals surface area contributed by atoms with Crippen molar-refractivity contribution >= 4 is 11.8 Å². The number of hydrogen-bond acceptors (Lipinski definition) is 2. The first-order valence-corrected chi connectivity index (χ1v) is 8.74. The Hall–Kier alpha value is -1.06. The third-order valence-electron chi connectivity index (χ3n) is 5.03. The van der Waals surface area contributed by atoms with E-state index in [4.69, 9.17) is 0 Å². The van der Waals surface area contributed by atoms with Gasteiger partial charge in [-0.3, -0.25) is 9.59 Å². The molecular weight excluding hydrogens is 264 g/mol. The molecule has 2 amide bonds. The van der Waals surface area contributed by atoms with E-state index in [9.17, 15) is 9.59 Å². The highest BCUT2D eigenvalue weighted by atomic mass is 16.2. The first kappa shape index (κ1) is 16.3. The molecule has 21 heavy (non-hydrogen) atoms. The summed E-state index contributed by atoms with van der Waals surface area (Å²) in [5.41, 5.74) is 0. The average molecular weight is 294 g/mol. The van der Waals surface area contributed by atoms with Gasteiger partial charge in [0, 0.05) is 12.6 Å². The summed E-state index contributed by atoms with van der Waals surface area (Å²) in [6.45, 7) is 7.09. The molecule has 0 aromatic rings. The van der Waals surface area contributed by atoms with Crippen LogP contribution in [0.5, 0.6) is 0 Å². The van der Waals surface area contributed by atoms with Gasteiger partial charge < -0.3 is 9.80 Å². The van der Waals surface area contributed by atoms with Crippen molar-refractivity contribution in [2.45, 2.75) is 90.3 Å². The molecule has 2 heterocycles. The minimum atomic E-state index is -0.233. The van der Waals surface area contributed by atoms with E-state index in [1.54, 1.807) is 0 Å². The van der Waals surface area contributed by atoms with Gasteiger partial charge in [-0.25, -0.2) is 0 Å². The van der Waals surface area contributed by atoms with Gasteiger partial charge in [-0.05, 0) is 39.0 Å². The number of piperazine rings is 1. The molecule has 0 radical (unpaired) electrons. The molecule has 0 spiro atoms. The molecule has 0 bridgehead atoms. The molecule has 4 nitrogen and oxygen atoms in total. The minimum Gasteiger partial charge on any atom is -0.329 e. The van der Waals surface area contributed by atoms with E-state index in [2.05, 4.69) is 13.8 Å². The zero-order valence-corrected chi connectivity index (χ0v) is 13.8. The third kappa shape index (κ3) is 3.24. The van der Waals surface area contributed by atoms with Crippen molar-refractivity contribution in [2.75, 3.05) is 6.54 Å². The number of unbranched alkanes of at least 4 members (excludes halogenated alkanes) is 2. The van der Waals surface area contributed by atoms with Crippen LogP contribution in [0.25, 0.3) is 0 Å². The smallest absolute Gasteiger partial charge is 0.246 e. The Labute approximate surface area is 128 Å². The molecular formula is C17H30N2O2. The van der Waals surface area contributed by atoms with Gasteiger partial charge in [0.1, 0.15) is 12.1 Å². The fraction of sp³-hybridized carbons (Fsp3) is 0.882. The second kappa shape index (κ2) is 7.28. The van der Waals surface area contributed by atoms with Crippen LogP contribution in [-0.2, 0) is 9.59 Å². The maximum absolute atomic E-state index is 12.9. The van der Waals surface area contributed by atoms with Crippen LogP contribution >= 0.6 is 0 Å². The molecule has 0 N–H and O–H groups in total. The van der Waals surface area contributed by atoms with E-state index in [0.717, 1.165) is 45.1 Å². The van der Waals surface area contributed by atoms with Crippen molar-refractivity contribution in [3.8, 4) is 0 Å². The van der Waals surface area contributed by atoms with Gasteiger partial charge in [0.2, 0.25) is 11.8 Å². The van der Waals surface area contributed by atoms with E-state index in [-0.39, 0.29) is 29.9 Å². The summed E-state index contributed by atoms with van der Waals surface area (Å²) in [6, 6.07) is -0.229. The molecule has 120 valence electrons. The van der Waals surface area contributed by atoms with Gasteiger partial charge >= 0.3 is 0 Å². The molecule has 3 atom stereocenters. The molecule has 2 rings (SSSR count). The molecule has 2 aliphatic heterocycles. The second-order valence-corrected chi connectivity index (χ2v) is 6.56. The first-order valence-electron chi connectivity index (χ1n) is 8.74. The van der Waals surface area contributed by atoms with Crippen molar-refractivity contribution < 1.29 is 9.59 Å². The topological polar surface area (TPSA) is 40.6 Å². The Balaban J connectivity index is 2.13. The maximum Gasteiger partial charge on any atom is 0.246 e. The molecule has 0 saturated carbocycles. The maximum atomic E-state index is 12.9. The Morgan fingerprint density at radius 3 is 2.57 bits per heavy atom. The summed E-state index contributed by atoms with van der Waals surface area (Å²) in [5, 5.41) is 0. The lowest BCUT2D eigenvalue weighted by Gasteiger charge is -2.49. The predicted molar refractivity (Wildman–Crippen MR) is 83.9 cm³/mol. The molecule has 0 aromatic carbocycles. The SMILES string of the molecule is CCCCCC(C)N1C(=O)C2CCCCN2C(=O)C1CC. The van der Waals surface area contributed by atoms with Crippen LogP contribution in [0.1, 0.15) is 72.1 Å². The van der Waals surface area contributed by atoms with Crippen LogP contribution in [0.4, 0.5) is 0 Å². The summed E-state index contributed by atoms with van der Waals surface area (Å²) in [4.78, 5) is 29.4. The van der Waals surface area contributed by atoms with Crippen LogP contribution in [0, 0.1) is 0 Å². The molecule has 4 heteroatoms. The molecule has 2 aliphatic rings. The van der Waals surface area contributed by atoms with Crippen molar-refractivity contribution in [3.05, 3.63) is 0 Å². The Bertz CT molecular complexity index is 383. The van der Waals surface area contributed by atoms with Crippen LogP contribution in [-0.4, -0.2) is 46.3 Å². The average Bonchev–Trinajstić information content (AvgIpc) is 2.50. The number of carbonyl (C=O) groups excluding carboxylic acids is 2. The number of piperidine rings is 1. The van der Waals surface area contributed by atoms with Crippen molar-refractivity contribution in [1.82, 2.24) is 9.80 Å². The van der Waals surface area contributed by atoms with Gasteiger partial charge in [0.05, 0.1) is 0 Å². The zero-order valence-electron chi connectivity index (χ0n) is 13.8. The summed E-state index contributed by atoms with van der Waals surface area (Å²) in [6.07, 6.45) is 8.22. The molecule has 2 saturated heterocycles. The number of carbonyl (C=O) groups is 2. The quantitative estimate of drug-likeness (QED) is 0.707. The number of amides is 2. The minimum absolute atomic E-state index is 0.178. The van der Waals surface area contributed by atoms with Gasteiger partial charge in [-0.1, -0.05) is 33.1 Å². The second-order valence-electron chi connectivity index (χ2n) is 6.56. The van der Waals surface area contributed by atoms with Crippen molar-refractivity contribution in [1.29, 1.82) is 0 Å². The molecule has 2 fully saturated rings. The Kier molecular flexibility index (Phi) is 5.65. The summed E-state index contributed by atoms with van der Waals surface area (Å²) in [5.74, 6) is 0.384. The Morgan fingerprint density at radius 2 is 1.90 bits per heavy atom. The van der Waals surface area contributed by atoms with E-state index < -0.39 is 0 Å². The largest absolute Gasteiger partial charge is 0.329 e. The van der Waals surface area contributed by atoms with Crippen molar-refractivity contribution in [2.24, 2.45) is 0 Å². The molecule has 3 unspecified atom stereocenters. The highest BCUT2D eigenvalue weighted by Gasteiger charge is 2.46. The third-order valence-corrected chi connectivity index (χ3v) is 5.03. The van der Waals surface area contributed by atoms with Gasteiger partial charge in [0.15, 0.2) is 0 Å². The number of nitrogens with zero attached hydrogens (tertiary/aromatic N) is 2. The first-order chi connectivity index (χ1) is 10.1. The lowest BCUT2D eigenvalue weighted by Crippen LogP contribution is -2.67. The monoisotopic (exact) mass is 294 g/mol. The van der Waals surface area contributed by atoms with E-state index in [1.165, 1.54) is 12.8 Å². The number of hydrogen-bond donors (Lipinski definition) is 0. The van der Waals surface area contributed by atoms with Gasteiger partial charge in [-0.15, -0.1) is 0 Å². The Morgan fingerprint density at radius 1 is 1.14 bits per heavy atom. The normalized spacial score (nSPS) is 27.8. The standard InChI is InChI=1S/C17H30N2O2/c1-4-6-7-10-13(3)19-14(5-2)16(20)18-12-9-8-11-15(18)17(19)21/h13-15H,4-12H2,1-3H3. The van der Waals surface area contributed by atoms with Crippen LogP contribution in [0.15, 0.2) is 0 Å². The van der Waals surface area contributed by atoms with Gasteiger partial charge in [0.25, 0.3) is 0 Å². The van der Waals surface area contributed by atoms with Crippen LogP contribution in [0.3, 0.4) is 0 Å². The molecule has 0 aliphatic carbocycles. The fourth-order valence-electron chi connectivity index (χ4n) is 3.81. The van der Waals surface area contributed by atoms with E-state index >= 15 is 0 Å². The zero-order chi connectivity index (χ0) is 15.4. The summed E-state index contributed by atoms with van der Waals surface area (Å²) in [7, 11) is 0. The molecule has 0 aromatic heterocycles. The van der Waals surface area contributed by atoms with Gasteiger partial charge in [-0.2, -0.15) is 0 Å². The predicted octanol–water partition coefficient (Wildman–Crippen LogP) is 2.96. The van der Waals surface area contributed by atoms with E-state index in [1.807, 2.05) is 16.7 Å².